The quantitative estimate of drug-likeness (QED) is 0.707. The molecule has 0 bridgehead atoms. The molecule has 3 N–H and O–H groups in total. The van der Waals surface area contributed by atoms with E-state index in [0.29, 0.717) is 0 Å². The number of carbonyl (C=O) groups is 1. The Morgan fingerprint density at radius 2 is 1.72 bits per heavy atom. The van der Waals surface area contributed by atoms with Crippen molar-refractivity contribution in [2.24, 2.45) is 0 Å². The Labute approximate surface area is 108 Å². The molecule has 7 heteroatoms. The second-order valence-corrected chi connectivity index (χ2v) is 5.80. The zero-order chi connectivity index (χ0) is 13.4. The summed E-state index contributed by atoms with van der Waals surface area (Å²) in [5.41, 5.74) is -0.504. The zero-order valence-electron chi connectivity index (χ0n) is 8.75. The van der Waals surface area contributed by atoms with Crippen LogP contribution in [0.4, 0.5) is 0 Å². The van der Waals surface area contributed by atoms with E-state index in [1.807, 2.05) is 0 Å². The highest BCUT2D eigenvalue weighted by Gasteiger charge is 2.23. The fraction of sp³-hybridized carbons (Fsp3) is 0. The number of hydrogen-bond donors (Lipinski definition) is 3. The first kappa shape index (κ1) is 12.6. The first-order valence-electron chi connectivity index (χ1n) is 4.69. The highest BCUT2D eigenvalue weighted by Crippen LogP contribution is 2.38. The van der Waals surface area contributed by atoms with E-state index in [0.717, 1.165) is 6.07 Å². The number of fused-ring (bicyclic) bond motifs is 1. The van der Waals surface area contributed by atoms with E-state index in [1.165, 1.54) is 18.2 Å². The molecule has 0 amide bonds. The number of phenols is 2. The second-order valence-electron chi connectivity index (χ2n) is 3.48. The van der Waals surface area contributed by atoms with Gasteiger partial charge in [0, 0.05) is 10.8 Å². The minimum Gasteiger partial charge on any atom is -0.507 e. The third-order valence-corrected chi connectivity index (χ3v) is 4.42. The number of hydrogen-bond acceptors (Lipinski definition) is 5. The lowest BCUT2D eigenvalue weighted by Crippen LogP contribution is -2.02. The molecule has 0 saturated carbocycles. The Bertz CT molecular complexity index is 724. The van der Waals surface area contributed by atoms with Crippen LogP contribution >= 0.6 is 19.8 Å². The first-order chi connectivity index (χ1) is 8.43. The Balaban J connectivity index is 3.09. The smallest absolute Gasteiger partial charge is 0.345 e. The number of aromatic carboxylic acids is 1. The van der Waals surface area contributed by atoms with Crippen molar-refractivity contribution < 1.29 is 26.3 Å². The molecule has 0 aliphatic heterocycles. The molecule has 0 radical (unpaired) electrons. The molecule has 0 atom stereocenters. The number of rotatable bonds is 2. The van der Waals surface area contributed by atoms with Crippen LogP contribution in [0, 0.1) is 3.57 Å². The van der Waals surface area contributed by atoms with Crippen LogP contribution in [0.1, 0.15) is 10.4 Å². The molecule has 94 valence electrons. The maximum Gasteiger partial charge on any atom is 0.345 e. The molecule has 0 fully saturated rings. The van der Waals surface area contributed by atoms with E-state index < -0.39 is 40.6 Å². The number of aromatic hydroxyl groups is 2. The molecular weight excluding hydrogens is 355 g/mol. The number of benzene rings is 2. The molecule has 0 heterocycles. The van der Waals surface area contributed by atoms with Gasteiger partial charge in [0.2, 0.25) is 0 Å². The van der Waals surface area contributed by atoms with E-state index in [4.69, 9.17) is 5.11 Å². The van der Waals surface area contributed by atoms with E-state index in [-0.39, 0.29) is 16.5 Å². The van der Waals surface area contributed by atoms with E-state index in [2.05, 4.69) is 0 Å². The lowest BCUT2D eigenvalue weighted by Gasteiger charge is -2.08. The SMILES string of the molecule is O=C(O)c1c(I(=O)=O)c(O)cc2c(O)cccc12. The molecule has 6 nitrogen and oxygen atoms in total. The van der Waals surface area contributed by atoms with Gasteiger partial charge in [-0.25, -0.2) is 10.9 Å². The van der Waals surface area contributed by atoms with Gasteiger partial charge in [-0.05, 0) is 12.1 Å². The fourth-order valence-electron chi connectivity index (χ4n) is 1.73. The average molecular weight is 362 g/mol. The molecule has 18 heavy (non-hydrogen) atoms. The van der Waals surface area contributed by atoms with Crippen molar-refractivity contribution in [3.05, 3.63) is 33.4 Å². The van der Waals surface area contributed by atoms with Crippen LogP contribution in [-0.2, 0) is 6.14 Å². The molecule has 2 aromatic carbocycles. The molecule has 2 rings (SSSR count). The van der Waals surface area contributed by atoms with Gasteiger partial charge in [0.25, 0.3) is 0 Å². The maximum absolute atomic E-state index is 11.2. The standard InChI is InChI=1S/C11H7IO6/c13-7-3-1-2-5-6(7)4-8(14)10(12(17)18)9(5)11(15)16/h1-4,13-14H,(H,15,16). The van der Waals surface area contributed by atoms with Gasteiger partial charge in [0.05, 0.1) is 5.56 Å². The van der Waals surface area contributed by atoms with Crippen molar-refractivity contribution in [2.75, 3.05) is 0 Å². The lowest BCUT2D eigenvalue weighted by molar-refractivity contribution is 0.0697. The van der Waals surface area contributed by atoms with Crippen molar-refractivity contribution in [2.45, 2.75) is 0 Å². The van der Waals surface area contributed by atoms with Crippen molar-refractivity contribution in [3.8, 4) is 11.5 Å². The summed E-state index contributed by atoms with van der Waals surface area (Å²) < 4.78 is 21.7. The van der Waals surface area contributed by atoms with Gasteiger partial charge in [0.15, 0.2) is 0 Å². The van der Waals surface area contributed by atoms with Gasteiger partial charge in [-0.15, -0.1) is 0 Å². The summed E-state index contributed by atoms with van der Waals surface area (Å²) in [6.45, 7) is 0. The number of carboxylic acid groups (broad SMARTS) is 1. The summed E-state index contributed by atoms with van der Waals surface area (Å²) in [6.07, 6.45) is 0. The Kier molecular flexibility index (Phi) is 3.07. The number of halogens is 1. The summed E-state index contributed by atoms with van der Waals surface area (Å²) >= 11 is -4.18. The van der Waals surface area contributed by atoms with Crippen molar-refractivity contribution >= 4 is 36.5 Å². The highest BCUT2D eigenvalue weighted by atomic mass is 127. The Morgan fingerprint density at radius 1 is 1.06 bits per heavy atom. The Hall–Kier alpha value is -1.90. The summed E-state index contributed by atoms with van der Waals surface area (Å²) in [5, 5.41) is 28.4. The van der Waals surface area contributed by atoms with Crippen molar-refractivity contribution in [1.82, 2.24) is 0 Å². The molecular formula is C11H7IO6. The van der Waals surface area contributed by atoms with Gasteiger partial charge < -0.3 is 15.3 Å². The highest BCUT2D eigenvalue weighted by molar-refractivity contribution is 14.2. The average Bonchev–Trinajstić information content (AvgIpc) is 2.28. The largest absolute Gasteiger partial charge is 0.507 e. The van der Waals surface area contributed by atoms with Crippen molar-refractivity contribution in [1.29, 1.82) is 0 Å². The van der Waals surface area contributed by atoms with Crippen LogP contribution in [0.25, 0.3) is 10.8 Å². The minimum absolute atomic E-state index is 0.0734. The van der Waals surface area contributed by atoms with E-state index in [9.17, 15) is 21.1 Å². The van der Waals surface area contributed by atoms with Crippen LogP contribution in [0.3, 0.4) is 0 Å². The third-order valence-electron chi connectivity index (χ3n) is 2.45. The van der Waals surface area contributed by atoms with E-state index >= 15 is 0 Å². The predicted octanol–water partition coefficient (Wildman–Crippen LogP) is 2.32. The summed E-state index contributed by atoms with van der Waals surface area (Å²) in [5.74, 6) is -2.35. The van der Waals surface area contributed by atoms with Gasteiger partial charge in [0.1, 0.15) is 15.1 Å². The number of phenolic OH excluding ortho intramolecular Hbond substituents is 2. The molecule has 0 aliphatic carbocycles. The van der Waals surface area contributed by atoms with Gasteiger partial charge in [-0.2, -0.15) is 0 Å². The summed E-state index contributed by atoms with van der Waals surface area (Å²) in [7, 11) is 0. The molecule has 0 saturated heterocycles. The van der Waals surface area contributed by atoms with E-state index in [1.54, 1.807) is 0 Å². The van der Waals surface area contributed by atoms with Crippen LogP contribution in [0.2, 0.25) is 0 Å². The van der Waals surface area contributed by atoms with Crippen LogP contribution < -0.4 is 0 Å². The molecule has 2 aromatic rings. The topological polar surface area (TPSA) is 112 Å². The van der Waals surface area contributed by atoms with Crippen LogP contribution in [-0.4, -0.2) is 21.3 Å². The maximum atomic E-state index is 11.2. The third kappa shape index (κ3) is 1.86. The monoisotopic (exact) mass is 362 g/mol. The number of carboxylic acids is 1. The summed E-state index contributed by atoms with van der Waals surface area (Å²) in [4.78, 5) is 11.2. The normalized spacial score (nSPS) is 10.9. The molecule has 0 aromatic heterocycles. The first-order valence-corrected chi connectivity index (χ1v) is 7.53. The van der Waals surface area contributed by atoms with Gasteiger partial charge >= 0.3 is 25.8 Å². The summed E-state index contributed by atoms with van der Waals surface area (Å²) in [6, 6.07) is 5.14. The minimum atomic E-state index is -4.18. The second kappa shape index (κ2) is 4.41. The zero-order valence-corrected chi connectivity index (χ0v) is 10.9. The van der Waals surface area contributed by atoms with Crippen molar-refractivity contribution in [3.63, 3.8) is 0 Å². The Morgan fingerprint density at radius 3 is 2.28 bits per heavy atom. The molecule has 0 aliphatic rings. The van der Waals surface area contributed by atoms with Crippen LogP contribution in [0.15, 0.2) is 24.3 Å². The molecule has 0 spiro atoms. The van der Waals surface area contributed by atoms with Gasteiger partial charge in [-0.1, -0.05) is 12.1 Å². The molecule has 0 unspecified atom stereocenters. The predicted molar refractivity (Wildman–Crippen MR) is 68.3 cm³/mol. The lowest BCUT2D eigenvalue weighted by atomic mass is 10.0. The van der Waals surface area contributed by atoms with Gasteiger partial charge in [-0.3, -0.25) is 0 Å². The fourth-order valence-corrected chi connectivity index (χ4v) is 3.30. The van der Waals surface area contributed by atoms with Crippen LogP contribution in [0.5, 0.6) is 11.5 Å².